The van der Waals surface area contributed by atoms with Crippen molar-refractivity contribution in [2.75, 3.05) is 0 Å². The number of carboxylic acid groups (broad SMARTS) is 1. The molecule has 0 aliphatic heterocycles. The summed E-state index contributed by atoms with van der Waals surface area (Å²) in [4.78, 5) is 22.7. The molecule has 4 heteroatoms. The average molecular weight is 365 g/mol. The Morgan fingerprint density at radius 1 is 1.23 bits per heavy atom. The summed E-state index contributed by atoms with van der Waals surface area (Å²) in [5, 5.41) is 19.2. The first-order chi connectivity index (χ1) is 12.2. The van der Waals surface area contributed by atoms with E-state index < -0.39 is 11.6 Å². The molecule has 3 atom stereocenters. The van der Waals surface area contributed by atoms with E-state index in [9.17, 15) is 14.7 Å². The van der Waals surface area contributed by atoms with E-state index in [2.05, 4.69) is 19.9 Å². The lowest BCUT2D eigenvalue weighted by Crippen LogP contribution is -2.26. The number of Topliss-reactive ketones (excluding diaryl/α,β-unsaturated/α-hetero) is 1. The molecule has 0 aromatic carbocycles. The largest absolute Gasteiger partial charge is 0.481 e. The molecule has 0 heterocycles. The summed E-state index contributed by atoms with van der Waals surface area (Å²) in [5.74, 6) is 0.0100. The van der Waals surface area contributed by atoms with Crippen LogP contribution in [0, 0.1) is 11.8 Å². The first-order valence-corrected chi connectivity index (χ1v) is 9.96. The Labute approximate surface area is 158 Å². The van der Waals surface area contributed by atoms with Gasteiger partial charge in [-0.3, -0.25) is 9.59 Å². The summed E-state index contributed by atoms with van der Waals surface area (Å²) in [7, 11) is 0. The van der Waals surface area contributed by atoms with Gasteiger partial charge in [0.15, 0.2) is 0 Å². The molecule has 0 radical (unpaired) electrons. The highest BCUT2D eigenvalue weighted by atomic mass is 16.4. The van der Waals surface area contributed by atoms with Gasteiger partial charge < -0.3 is 10.2 Å². The van der Waals surface area contributed by atoms with Crippen LogP contribution in [0.25, 0.3) is 0 Å². The molecule has 1 unspecified atom stereocenters. The van der Waals surface area contributed by atoms with Crippen LogP contribution in [0.3, 0.4) is 0 Å². The second kappa shape index (κ2) is 11.3. The lowest BCUT2D eigenvalue weighted by molar-refractivity contribution is -0.137. The number of unbranched alkanes of at least 4 members (excludes halogenated alkanes) is 1. The Morgan fingerprint density at radius 3 is 2.62 bits per heavy atom. The van der Waals surface area contributed by atoms with Crippen molar-refractivity contribution in [2.45, 2.75) is 90.6 Å². The summed E-state index contributed by atoms with van der Waals surface area (Å²) in [6.07, 6.45) is 13.4. The average Bonchev–Trinajstić information content (AvgIpc) is 2.88. The van der Waals surface area contributed by atoms with Crippen LogP contribution in [0.5, 0.6) is 0 Å². The molecular weight excluding hydrogens is 328 g/mol. The zero-order valence-corrected chi connectivity index (χ0v) is 16.7. The molecule has 0 spiro atoms. The number of carbonyl (C=O) groups excluding carboxylic acids is 1. The molecule has 0 aromatic heterocycles. The summed E-state index contributed by atoms with van der Waals surface area (Å²) < 4.78 is 0. The fraction of sp³-hybridized carbons (Fsp3) is 0.727. The maximum Gasteiger partial charge on any atom is 0.303 e. The van der Waals surface area contributed by atoms with Gasteiger partial charge in [-0.25, -0.2) is 0 Å². The number of carboxylic acids is 1. The molecule has 1 rings (SSSR count). The Hall–Kier alpha value is -1.42. The van der Waals surface area contributed by atoms with Crippen LogP contribution in [0.15, 0.2) is 23.8 Å². The number of aliphatic carboxylic acids is 1. The minimum atomic E-state index is -0.763. The van der Waals surface area contributed by atoms with Crippen molar-refractivity contribution in [3.63, 3.8) is 0 Å². The van der Waals surface area contributed by atoms with Gasteiger partial charge in [-0.2, -0.15) is 0 Å². The third kappa shape index (κ3) is 9.33. The summed E-state index contributed by atoms with van der Waals surface area (Å²) in [6.45, 7) is 6.04. The molecule has 1 aliphatic rings. The Morgan fingerprint density at radius 2 is 1.96 bits per heavy atom. The van der Waals surface area contributed by atoms with Gasteiger partial charge in [0, 0.05) is 18.8 Å². The van der Waals surface area contributed by atoms with E-state index in [-0.39, 0.29) is 12.3 Å². The molecule has 0 aromatic rings. The minimum absolute atomic E-state index is 0.0688. The quantitative estimate of drug-likeness (QED) is 0.375. The molecule has 1 fully saturated rings. The number of carbonyl (C=O) groups is 2. The third-order valence-electron chi connectivity index (χ3n) is 5.35. The van der Waals surface area contributed by atoms with E-state index in [1.54, 1.807) is 0 Å². The van der Waals surface area contributed by atoms with Crippen LogP contribution in [0.2, 0.25) is 0 Å². The van der Waals surface area contributed by atoms with Gasteiger partial charge in [0.05, 0.1) is 5.60 Å². The lowest BCUT2D eigenvalue weighted by Gasteiger charge is -2.26. The molecule has 0 saturated heterocycles. The summed E-state index contributed by atoms with van der Waals surface area (Å²) in [5.41, 5.74) is 0.604. The van der Waals surface area contributed by atoms with Gasteiger partial charge >= 0.3 is 5.97 Å². The maximum atomic E-state index is 12.2. The SMILES string of the molecule is CC(C)=CCCC(C)(O)CC[C@H]1CCC(=O)[C@@H]1CC=CCCCC(=O)O. The third-order valence-corrected chi connectivity index (χ3v) is 5.35. The van der Waals surface area contributed by atoms with Crippen molar-refractivity contribution in [2.24, 2.45) is 11.8 Å². The normalized spacial score (nSPS) is 22.5. The summed E-state index contributed by atoms with van der Waals surface area (Å²) in [6, 6.07) is 0. The first-order valence-electron chi connectivity index (χ1n) is 9.96. The molecule has 0 amide bonds. The fourth-order valence-corrected chi connectivity index (χ4v) is 3.67. The van der Waals surface area contributed by atoms with Crippen molar-refractivity contribution in [1.29, 1.82) is 0 Å². The van der Waals surface area contributed by atoms with E-state index in [0.29, 0.717) is 24.5 Å². The summed E-state index contributed by atoms with van der Waals surface area (Å²) >= 11 is 0. The predicted octanol–water partition coefficient (Wildman–Crippen LogP) is 5.06. The van der Waals surface area contributed by atoms with Gasteiger partial charge in [-0.05, 0) is 78.1 Å². The van der Waals surface area contributed by atoms with Crippen LogP contribution < -0.4 is 0 Å². The van der Waals surface area contributed by atoms with Crippen molar-refractivity contribution in [3.8, 4) is 0 Å². The standard InChI is InChI=1S/C22H36O4/c1-17(2)9-8-15-22(3,26)16-14-18-12-13-20(23)19(18)10-6-4-5-7-11-21(24)25/h4,6,9,18-19,26H,5,7-8,10-16H2,1-3H3,(H,24,25)/t18-,19-,22?/m1/s1. The Balaban J connectivity index is 2.40. The smallest absolute Gasteiger partial charge is 0.303 e. The number of rotatable bonds is 12. The Kier molecular flexibility index (Phi) is 9.85. The van der Waals surface area contributed by atoms with E-state index in [0.717, 1.165) is 44.9 Å². The zero-order chi connectivity index (χ0) is 19.6. The lowest BCUT2D eigenvalue weighted by atomic mass is 9.84. The van der Waals surface area contributed by atoms with Gasteiger partial charge in [0.2, 0.25) is 0 Å². The molecule has 148 valence electrons. The van der Waals surface area contributed by atoms with E-state index in [1.165, 1.54) is 5.57 Å². The number of ketones is 1. The highest BCUT2D eigenvalue weighted by molar-refractivity contribution is 5.83. The van der Waals surface area contributed by atoms with Crippen LogP contribution >= 0.6 is 0 Å². The number of aliphatic hydroxyl groups is 1. The van der Waals surface area contributed by atoms with Crippen LogP contribution in [-0.2, 0) is 9.59 Å². The maximum absolute atomic E-state index is 12.2. The molecule has 2 N–H and O–H groups in total. The van der Waals surface area contributed by atoms with E-state index >= 15 is 0 Å². The molecular formula is C22H36O4. The van der Waals surface area contributed by atoms with Crippen molar-refractivity contribution < 1.29 is 19.8 Å². The monoisotopic (exact) mass is 364 g/mol. The van der Waals surface area contributed by atoms with Crippen molar-refractivity contribution in [3.05, 3.63) is 23.8 Å². The van der Waals surface area contributed by atoms with Gasteiger partial charge in [-0.1, -0.05) is 23.8 Å². The predicted molar refractivity (Wildman–Crippen MR) is 105 cm³/mol. The highest BCUT2D eigenvalue weighted by Gasteiger charge is 2.34. The van der Waals surface area contributed by atoms with Crippen molar-refractivity contribution >= 4 is 11.8 Å². The number of hydrogen-bond acceptors (Lipinski definition) is 3. The second-order valence-corrected chi connectivity index (χ2v) is 8.22. The van der Waals surface area contributed by atoms with Crippen molar-refractivity contribution in [1.82, 2.24) is 0 Å². The van der Waals surface area contributed by atoms with E-state index in [4.69, 9.17) is 5.11 Å². The van der Waals surface area contributed by atoms with E-state index in [1.807, 2.05) is 19.1 Å². The van der Waals surface area contributed by atoms with Crippen LogP contribution in [-0.4, -0.2) is 27.6 Å². The number of hydrogen-bond donors (Lipinski definition) is 2. The molecule has 1 saturated carbocycles. The molecule has 1 aliphatic carbocycles. The fourth-order valence-electron chi connectivity index (χ4n) is 3.67. The van der Waals surface area contributed by atoms with Crippen LogP contribution in [0.4, 0.5) is 0 Å². The second-order valence-electron chi connectivity index (χ2n) is 8.22. The highest BCUT2D eigenvalue weighted by Crippen LogP contribution is 2.37. The minimum Gasteiger partial charge on any atom is -0.481 e. The Bertz CT molecular complexity index is 512. The number of allylic oxidation sites excluding steroid dienone is 4. The van der Waals surface area contributed by atoms with Gasteiger partial charge in [0.1, 0.15) is 5.78 Å². The van der Waals surface area contributed by atoms with Gasteiger partial charge in [-0.15, -0.1) is 0 Å². The molecule has 4 nitrogen and oxygen atoms in total. The molecule has 0 bridgehead atoms. The zero-order valence-electron chi connectivity index (χ0n) is 16.7. The first kappa shape index (κ1) is 22.6. The molecule has 26 heavy (non-hydrogen) atoms. The van der Waals surface area contributed by atoms with Gasteiger partial charge in [0.25, 0.3) is 0 Å². The van der Waals surface area contributed by atoms with Crippen LogP contribution in [0.1, 0.15) is 85.0 Å². The topological polar surface area (TPSA) is 74.6 Å².